The van der Waals surface area contributed by atoms with Crippen molar-refractivity contribution in [3.05, 3.63) is 35.8 Å². The number of anilines is 1. The Kier molecular flexibility index (Phi) is 4.06. The maximum Gasteiger partial charge on any atom is 0.163 e. The third-order valence-corrected chi connectivity index (χ3v) is 2.87. The van der Waals surface area contributed by atoms with Gasteiger partial charge in [-0.1, -0.05) is 0 Å². The molecule has 0 radical (unpaired) electrons. The molecule has 2 N–H and O–H groups in total. The lowest BCUT2D eigenvalue weighted by molar-refractivity contribution is 0.208. The van der Waals surface area contributed by atoms with Gasteiger partial charge in [0.15, 0.2) is 5.82 Å². The van der Waals surface area contributed by atoms with Crippen LogP contribution in [0.2, 0.25) is 0 Å². The third kappa shape index (κ3) is 3.26. The van der Waals surface area contributed by atoms with Crippen LogP contribution >= 0.6 is 0 Å². The van der Waals surface area contributed by atoms with E-state index in [-0.39, 0.29) is 0 Å². The molecule has 0 unspecified atom stereocenters. The van der Waals surface area contributed by atoms with Crippen LogP contribution in [0.4, 0.5) is 5.82 Å². The van der Waals surface area contributed by atoms with Crippen molar-refractivity contribution >= 4 is 5.82 Å². The third-order valence-electron chi connectivity index (χ3n) is 2.87. The summed E-state index contributed by atoms with van der Waals surface area (Å²) in [6.45, 7) is 6.11. The molecule has 5 nitrogen and oxygen atoms in total. The zero-order chi connectivity index (χ0) is 13.8. The Hall–Kier alpha value is -2.01. The Labute approximate surface area is 112 Å². The van der Waals surface area contributed by atoms with Crippen LogP contribution in [0.3, 0.4) is 0 Å². The molecule has 0 saturated heterocycles. The van der Waals surface area contributed by atoms with Crippen molar-refractivity contribution < 1.29 is 5.11 Å². The monoisotopic (exact) mass is 258 g/mol. The predicted octanol–water partition coefficient (Wildman–Crippen LogP) is 1.95. The lowest BCUT2D eigenvalue weighted by Crippen LogP contribution is -2.17. The maximum absolute atomic E-state index is 9.34. The van der Waals surface area contributed by atoms with Crippen molar-refractivity contribution in [2.75, 3.05) is 11.9 Å². The topological polar surface area (TPSA) is 70.9 Å². The zero-order valence-electron chi connectivity index (χ0n) is 11.4. The molecule has 100 valence electrons. The minimum absolute atomic E-state index is 0.420. The number of hydrogen-bond donors (Lipinski definition) is 2. The average Bonchev–Trinajstić information content (AvgIpc) is 2.41. The first-order valence-corrected chi connectivity index (χ1v) is 6.25. The summed E-state index contributed by atoms with van der Waals surface area (Å²) in [5, 5.41) is 12.5. The SMILES string of the molecule is Cc1nc(-c2cccnc2)nc(NC[C@H](C)O)c1C. The van der Waals surface area contributed by atoms with Crippen LogP contribution in [-0.2, 0) is 0 Å². The molecule has 2 aromatic rings. The highest BCUT2D eigenvalue weighted by atomic mass is 16.3. The molecule has 0 spiro atoms. The molecule has 0 aliphatic rings. The largest absolute Gasteiger partial charge is 0.392 e. The van der Waals surface area contributed by atoms with Gasteiger partial charge in [0.05, 0.1) is 6.10 Å². The van der Waals surface area contributed by atoms with Gasteiger partial charge < -0.3 is 10.4 Å². The van der Waals surface area contributed by atoms with Crippen LogP contribution in [0.1, 0.15) is 18.2 Å². The van der Waals surface area contributed by atoms with Gasteiger partial charge in [0.2, 0.25) is 0 Å². The van der Waals surface area contributed by atoms with Crippen molar-refractivity contribution in [2.24, 2.45) is 0 Å². The summed E-state index contributed by atoms with van der Waals surface area (Å²) in [7, 11) is 0. The van der Waals surface area contributed by atoms with Gasteiger partial charge in [-0.3, -0.25) is 4.98 Å². The molecule has 0 aliphatic carbocycles. The van der Waals surface area contributed by atoms with E-state index in [0.29, 0.717) is 12.4 Å². The predicted molar refractivity (Wildman–Crippen MR) is 74.9 cm³/mol. The van der Waals surface area contributed by atoms with E-state index in [9.17, 15) is 5.11 Å². The van der Waals surface area contributed by atoms with Crippen LogP contribution in [0.15, 0.2) is 24.5 Å². The molecule has 0 aliphatic heterocycles. The van der Waals surface area contributed by atoms with Crippen LogP contribution in [0.25, 0.3) is 11.4 Å². The molecule has 5 heteroatoms. The maximum atomic E-state index is 9.34. The van der Waals surface area contributed by atoms with E-state index < -0.39 is 6.10 Å². The first-order chi connectivity index (χ1) is 9.08. The molecule has 2 heterocycles. The van der Waals surface area contributed by atoms with Crippen molar-refractivity contribution in [2.45, 2.75) is 26.9 Å². The molecule has 19 heavy (non-hydrogen) atoms. The van der Waals surface area contributed by atoms with Gasteiger partial charge in [0, 0.05) is 35.8 Å². The molecule has 0 aromatic carbocycles. The standard InChI is InChI=1S/C14H18N4O/c1-9(19)7-16-13-10(2)11(3)17-14(18-13)12-5-4-6-15-8-12/h4-6,8-9,19H,7H2,1-3H3,(H,16,17,18)/t9-/m0/s1. The molecule has 2 aromatic heterocycles. The fourth-order valence-corrected chi connectivity index (χ4v) is 1.67. The van der Waals surface area contributed by atoms with Crippen molar-refractivity contribution in [1.29, 1.82) is 0 Å². The number of nitrogens with one attached hydrogen (secondary N) is 1. The van der Waals surface area contributed by atoms with E-state index in [2.05, 4.69) is 20.3 Å². The number of aryl methyl sites for hydroxylation is 1. The van der Waals surface area contributed by atoms with Gasteiger partial charge in [0.1, 0.15) is 5.82 Å². The first-order valence-electron chi connectivity index (χ1n) is 6.25. The second-order valence-corrected chi connectivity index (χ2v) is 4.58. The number of hydrogen-bond acceptors (Lipinski definition) is 5. The lowest BCUT2D eigenvalue weighted by Gasteiger charge is -2.13. The Morgan fingerprint density at radius 1 is 1.32 bits per heavy atom. The van der Waals surface area contributed by atoms with Crippen molar-refractivity contribution in [1.82, 2.24) is 15.0 Å². The summed E-state index contributed by atoms with van der Waals surface area (Å²) >= 11 is 0. The van der Waals surface area contributed by atoms with Gasteiger partial charge in [-0.25, -0.2) is 9.97 Å². The molecular formula is C14H18N4O. The Morgan fingerprint density at radius 2 is 2.11 bits per heavy atom. The van der Waals surface area contributed by atoms with E-state index in [1.807, 2.05) is 26.0 Å². The number of aliphatic hydroxyl groups excluding tert-OH is 1. The first kappa shape index (κ1) is 13.4. The van der Waals surface area contributed by atoms with Crippen molar-refractivity contribution in [3.8, 4) is 11.4 Å². The van der Waals surface area contributed by atoms with E-state index in [1.165, 1.54) is 0 Å². The average molecular weight is 258 g/mol. The van der Waals surface area contributed by atoms with Gasteiger partial charge in [0.25, 0.3) is 0 Å². The summed E-state index contributed by atoms with van der Waals surface area (Å²) in [5.41, 5.74) is 2.79. The summed E-state index contributed by atoms with van der Waals surface area (Å²) in [4.78, 5) is 13.1. The van der Waals surface area contributed by atoms with Gasteiger partial charge in [-0.15, -0.1) is 0 Å². The highest BCUT2D eigenvalue weighted by molar-refractivity contribution is 5.58. The Morgan fingerprint density at radius 3 is 2.74 bits per heavy atom. The summed E-state index contributed by atoms with van der Waals surface area (Å²) in [6, 6.07) is 3.78. The van der Waals surface area contributed by atoms with Crippen LogP contribution in [0.5, 0.6) is 0 Å². The van der Waals surface area contributed by atoms with E-state index in [4.69, 9.17) is 0 Å². The molecule has 0 saturated carbocycles. The van der Waals surface area contributed by atoms with Crippen molar-refractivity contribution in [3.63, 3.8) is 0 Å². The highest BCUT2D eigenvalue weighted by Crippen LogP contribution is 2.20. The number of pyridine rings is 1. The van der Waals surface area contributed by atoms with E-state index in [1.54, 1.807) is 19.3 Å². The van der Waals surface area contributed by atoms with Gasteiger partial charge >= 0.3 is 0 Å². The summed E-state index contributed by atoms with van der Waals surface area (Å²) in [5.74, 6) is 1.40. The fraction of sp³-hybridized carbons (Fsp3) is 0.357. The second kappa shape index (κ2) is 5.75. The molecule has 2 rings (SSSR count). The molecular weight excluding hydrogens is 240 g/mol. The minimum atomic E-state index is -0.420. The minimum Gasteiger partial charge on any atom is -0.392 e. The summed E-state index contributed by atoms with van der Waals surface area (Å²) in [6.07, 6.45) is 3.04. The molecule has 0 amide bonds. The number of aromatic nitrogens is 3. The molecule has 0 fully saturated rings. The highest BCUT2D eigenvalue weighted by Gasteiger charge is 2.10. The fourth-order valence-electron chi connectivity index (χ4n) is 1.67. The zero-order valence-corrected chi connectivity index (χ0v) is 11.4. The molecule has 1 atom stereocenters. The van der Waals surface area contributed by atoms with Crippen LogP contribution in [0, 0.1) is 13.8 Å². The Bertz CT molecular complexity index is 555. The lowest BCUT2D eigenvalue weighted by atomic mass is 10.2. The van der Waals surface area contributed by atoms with Crippen LogP contribution in [-0.4, -0.2) is 32.7 Å². The van der Waals surface area contributed by atoms with Crippen LogP contribution < -0.4 is 5.32 Å². The molecule has 0 bridgehead atoms. The van der Waals surface area contributed by atoms with E-state index >= 15 is 0 Å². The number of rotatable bonds is 4. The quantitative estimate of drug-likeness (QED) is 0.877. The van der Waals surface area contributed by atoms with Gasteiger partial charge in [-0.05, 0) is 32.9 Å². The van der Waals surface area contributed by atoms with E-state index in [0.717, 1.165) is 22.6 Å². The smallest absolute Gasteiger partial charge is 0.163 e. The summed E-state index contributed by atoms with van der Waals surface area (Å²) < 4.78 is 0. The normalized spacial score (nSPS) is 12.2. The van der Waals surface area contributed by atoms with Gasteiger partial charge in [-0.2, -0.15) is 0 Å². The number of nitrogens with zero attached hydrogens (tertiary/aromatic N) is 3. The second-order valence-electron chi connectivity index (χ2n) is 4.58. The Balaban J connectivity index is 2.36. The number of aliphatic hydroxyl groups is 1.